The second kappa shape index (κ2) is 5.33. The molecule has 0 atom stereocenters. The van der Waals surface area contributed by atoms with Gasteiger partial charge >= 0.3 is 0 Å². The number of rotatable bonds is 3. The molecule has 0 saturated carbocycles. The molecule has 0 amide bonds. The molecule has 2 aromatic rings. The Hall–Kier alpha value is -1.65. The second-order valence-electron chi connectivity index (χ2n) is 3.92. The third-order valence-corrected chi connectivity index (χ3v) is 2.87. The molecule has 0 fully saturated rings. The molecule has 1 heterocycles. The van der Waals surface area contributed by atoms with Gasteiger partial charge in [0.15, 0.2) is 0 Å². The van der Waals surface area contributed by atoms with Crippen LogP contribution in [0.1, 0.15) is 11.3 Å². The zero-order valence-corrected chi connectivity index (χ0v) is 11.0. The van der Waals surface area contributed by atoms with Crippen molar-refractivity contribution in [2.45, 2.75) is 13.5 Å². The predicted octanol–water partition coefficient (Wildman–Crippen LogP) is 2.57. The van der Waals surface area contributed by atoms with Crippen LogP contribution in [0.2, 0.25) is 5.02 Å². The average Bonchev–Trinajstić information content (AvgIpc) is 2.38. The molecule has 0 saturated heterocycles. The molecule has 94 valence electrons. The summed E-state index contributed by atoms with van der Waals surface area (Å²) in [6.45, 7) is 2.31. The summed E-state index contributed by atoms with van der Waals surface area (Å²) in [6, 6.07) is 7.38. The minimum atomic E-state index is 0.374. The number of methoxy groups -OCH3 is 1. The molecule has 0 aliphatic rings. The first kappa shape index (κ1) is 12.8. The summed E-state index contributed by atoms with van der Waals surface area (Å²) in [5.74, 6) is 0.759. The van der Waals surface area contributed by atoms with Gasteiger partial charge in [-0.2, -0.15) is 10.2 Å². The van der Waals surface area contributed by atoms with Crippen LogP contribution in [0.3, 0.4) is 0 Å². The van der Waals surface area contributed by atoms with E-state index in [2.05, 4.69) is 10.2 Å². The van der Waals surface area contributed by atoms with E-state index in [1.165, 1.54) is 0 Å². The van der Waals surface area contributed by atoms with Crippen molar-refractivity contribution in [2.75, 3.05) is 7.11 Å². The van der Waals surface area contributed by atoms with Gasteiger partial charge in [-0.15, -0.1) is 0 Å². The molecule has 1 aromatic heterocycles. The van der Waals surface area contributed by atoms with E-state index in [4.69, 9.17) is 22.1 Å². The van der Waals surface area contributed by atoms with Gasteiger partial charge in [-0.3, -0.25) is 0 Å². The number of hydrogen-bond donors (Lipinski definition) is 1. The number of halogens is 1. The van der Waals surface area contributed by atoms with Gasteiger partial charge in [-0.05, 0) is 36.8 Å². The molecule has 2 N–H and O–H groups in total. The minimum Gasteiger partial charge on any atom is -0.496 e. The van der Waals surface area contributed by atoms with Crippen molar-refractivity contribution in [3.8, 4) is 17.0 Å². The largest absolute Gasteiger partial charge is 0.496 e. The van der Waals surface area contributed by atoms with E-state index in [0.717, 1.165) is 28.3 Å². The maximum Gasteiger partial charge on any atom is 0.131 e. The van der Waals surface area contributed by atoms with E-state index >= 15 is 0 Å². The zero-order valence-electron chi connectivity index (χ0n) is 10.3. The topological polar surface area (TPSA) is 61.0 Å². The van der Waals surface area contributed by atoms with Gasteiger partial charge < -0.3 is 10.5 Å². The predicted molar refractivity (Wildman–Crippen MR) is 71.7 cm³/mol. The lowest BCUT2D eigenvalue weighted by atomic mass is 10.1. The summed E-state index contributed by atoms with van der Waals surface area (Å²) >= 11 is 6.06. The first-order valence-electron chi connectivity index (χ1n) is 5.53. The van der Waals surface area contributed by atoms with Crippen molar-refractivity contribution in [1.29, 1.82) is 0 Å². The lowest BCUT2D eigenvalue weighted by Crippen LogP contribution is -2.02. The van der Waals surface area contributed by atoms with Gasteiger partial charge in [-0.1, -0.05) is 11.6 Å². The van der Waals surface area contributed by atoms with E-state index in [1.807, 2.05) is 31.2 Å². The highest BCUT2D eigenvalue weighted by molar-refractivity contribution is 6.31. The number of aryl methyl sites for hydroxylation is 1. The quantitative estimate of drug-likeness (QED) is 0.925. The van der Waals surface area contributed by atoms with E-state index in [0.29, 0.717) is 11.6 Å². The minimum absolute atomic E-state index is 0.374. The van der Waals surface area contributed by atoms with E-state index in [-0.39, 0.29) is 0 Å². The Balaban J connectivity index is 2.54. The van der Waals surface area contributed by atoms with Crippen LogP contribution in [-0.4, -0.2) is 17.3 Å². The Bertz CT molecular complexity index is 555. The Morgan fingerprint density at radius 2 is 2.06 bits per heavy atom. The number of aromatic nitrogens is 2. The monoisotopic (exact) mass is 263 g/mol. The van der Waals surface area contributed by atoms with Gasteiger partial charge in [0.1, 0.15) is 5.75 Å². The molecular formula is C13H14ClN3O. The van der Waals surface area contributed by atoms with Crippen LogP contribution in [-0.2, 0) is 6.54 Å². The van der Waals surface area contributed by atoms with E-state index in [9.17, 15) is 0 Å². The Kier molecular flexibility index (Phi) is 3.79. The highest BCUT2D eigenvalue weighted by Gasteiger charge is 2.12. The first-order valence-corrected chi connectivity index (χ1v) is 5.90. The van der Waals surface area contributed by atoms with Crippen molar-refractivity contribution >= 4 is 11.6 Å². The Morgan fingerprint density at radius 3 is 2.61 bits per heavy atom. The second-order valence-corrected chi connectivity index (χ2v) is 4.35. The van der Waals surface area contributed by atoms with Gasteiger partial charge in [-0.25, -0.2) is 0 Å². The average molecular weight is 264 g/mol. The molecule has 0 bridgehead atoms. The maximum absolute atomic E-state index is 6.06. The summed E-state index contributed by atoms with van der Waals surface area (Å²) in [4.78, 5) is 0. The van der Waals surface area contributed by atoms with Crippen LogP contribution in [0.25, 0.3) is 11.3 Å². The first-order chi connectivity index (χ1) is 8.65. The smallest absolute Gasteiger partial charge is 0.131 e. The highest BCUT2D eigenvalue weighted by atomic mass is 35.5. The van der Waals surface area contributed by atoms with Crippen molar-refractivity contribution < 1.29 is 4.74 Å². The summed E-state index contributed by atoms with van der Waals surface area (Å²) in [5.41, 5.74) is 8.75. The third-order valence-electron chi connectivity index (χ3n) is 2.65. The van der Waals surface area contributed by atoms with E-state index < -0.39 is 0 Å². The van der Waals surface area contributed by atoms with Crippen LogP contribution in [0.15, 0.2) is 24.3 Å². The molecule has 5 heteroatoms. The number of benzene rings is 1. The number of nitrogens with two attached hydrogens (primary N) is 1. The van der Waals surface area contributed by atoms with Crippen molar-refractivity contribution in [3.05, 3.63) is 40.5 Å². The number of hydrogen-bond acceptors (Lipinski definition) is 4. The lowest BCUT2D eigenvalue weighted by molar-refractivity contribution is 0.413. The molecule has 1 aromatic carbocycles. The van der Waals surface area contributed by atoms with Crippen LogP contribution in [0.5, 0.6) is 5.75 Å². The van der Waals surface area contributed by atoms with E-state index in [1.54, 1.807) is 7.11 Å². The van der Waals surface area contributed by atoms with Crippen LogP contribution < -0.4 is 10.5 Å². The summed E-state index contributed by atoms with van der Waals surface area (Å²) in [5, 5.41) is 8.82. The summed E-state index contributed by atoms with van der Waals surface area (Å²) in [6.07, 6.45) is 0. The normalized spacial score (nSPS) is 10.4. The maximum atomic E-state index is 6.06. The van der Waals surface area contributed by atoms with Crippen molar-refractivity contribution in [1.82, 2.24) is 10.2 Å². The van der Waals surface area contributed by atoms with Gasteiger partial charge in [0, 0.05) is 17.1 Å². The van der Waals surface area contributed by atoms with Gasteiger partial charge in [0.05, 0.1) is 18.5 Å². The summed E-state index contributed by atoms with van der Waals surface area (Å²) < 4.78 is 5.39. The Labute approximate surface area is 111 Å². The molecule has 4 nitrogen and oxygen atoms in total. The third kappa shape index (κ3) is 2.44. The highest BCUT2D eigenvalue weighted by Crippen LogP contribution is 2.34. The SMILES string of the molecule is COc1c(C)cc(Cl)cc1-c1ccc(CN)nn1. The molecule has 0 aliphatic carbocycles. The fourth-order valence-corrected chi connectivity index (χ4v) is 2.08. The molecule has 0 radical (unpaired) electrons. The number of nitrogens with zero attached hydrogens (tertiary/aromatic N) is 2. The van der Waals surface area contributed by atoms with Crippen LogP contribution in [0, 0.1) is 6.92 Å². The molecule has 0 aliphatic heterocycles. The van der Waals surface area contributed by atoms with Crippen LogP contribution in [0.4, 0.5) is 0 Å². The zero-order chi connectivity index (χ0) is 13.1. The van der Waals surface area contributed by atoms with Crippen molar-refractivity contribution in [3.63, 3.8) is 0 Å². The van der Waals surface area contributed by atoms with Gasteiger partial charge in [0.2, 0.25) is 0 Å². The number of ether oxygens (including phenoxy) is 1. The fraction of sp³-hybridized carbons (Fsp3) is 0.231. The lowest BCUT2D eigenvalue weighted by Gasteiger charge is -2.11. The standard InChI is InChI=1S/C13H14ClN3O/c1-8-5-9(14)6-11(13(8)18-2)12-4-3-10(7-15)16-17-12/h3-6H,7,15H2,1-2H3. The van der Waals surface area contributed by atoms with Crippen LogP contribution >= 0.6 is 11.6 Å². The van der Waals surface area contributed by atoms with Gasteiger partial charge in [0.25, 0.3) is 0 Å². The molecule has 0 unspecified atom stereocenters. The molecule has 2 rings (SSSR count). The molecule has 0 spiro atoms. The Morgan fingerprint density at radius 1 is 1.28 bits per heavy atom. The molecule has 18 heavy (non-hydrogen) atoms. The van der Waals surface area contributed by atoms with Crippen molar-refractivity contribution in [2.24, 2.45) is 5.73 Å². The fourth-order valence-electron chi connectivity index (χ4n) is 1.80. The summed E-state index contributed by atoms with van der Waals surface area (Å²) in [7, 11) is 1.63. The molecular weight excluding hydrogens is 250 g/mol.